The van der Waals surface area contributed by atoms with E-state index in [-0.39, 0.29) is 18.5 Å². The Morgan fingerprint density at radius 3 is 0.835 bits per heavy atom. The van der Waals surface area contributed by atoms with Gasteiger partial charge in [-0.2, -0.15) is 0 Å². The molecule has 85 heavy (non-hydrogen) atoms. The highest BCUT2D eigenvalue weighted by atomic mass is 16.5. The van der Waals surface area contributed by atoms with Crippen LogP contribution in [0.25, 0.3) is 0 Å². The highest BCUT2D eigenvalue weighted by molar-refractivity contribution is 5.76. The first-order valence-corrected chi connectivity index (χ1v) is 39.1. The van der Waals surface area contributed by atoms with E-state index in [1.165, 1.54) is 379 Å². The number of unbranched alkanes of at least 4 members (excludes halogenated alkanes) is 61. The lowest BCUT2D eigenvalue weighted by atomic mass is 10.0. The topological polar surface area (TPSA) is 95.9 Å². The second-order valence-electron chi connectivity index (χ2n) is 27.0. The summed E-state index contributed by atoms with van der Waals surface area (Å²) in [6.07, 6.45) is 96.1. The summed E-state index contributed by atoms with van der Waals surface area (Å²) in [6, 6.07) is -0.621. The van der Waals surface area contributed by atoms with Crippen molar-refractivity contribution >= 4 is 11.9 Å². The molecule has 6 nitrogen and oxygen atoms in total. The van der Waals surface area contributed by atoms with Crippen molar-refractivity contribution in [2.75, 3.05) is 13.2 Å². The van der Waals surface area contributed by atoms with Crippen LogP contribution in [0.5, 0.6) is 0 Å². The fourth-order valence-corrected chi connectivity index (χ4v) is 12.5. The molecule has 0 heterocycles. The first-order valence-electron chi connectivity index (χ1n) is 39.1. The summed E-state index contributed by atoms with van der Waals surface area (Å²) < 4.78 is 5.52. The Morgan fingerprint density at radius 1 is 0.318 bits per heavy atom. The average Bonchev–Trinajstić information content (AvgIpc) is 3.51. The van der Waals surface area contributed by atoms with Crippen LogP contribution < -0.4 is 5.32 Å². The van der Waals surface area contributed by atoms with E-state index in [0.717, 1.165) is 38.5 Å². The molecule has 3 N–H and O–H groups in total. The van der Waals surface area contributed by atoms with Gasteiger partial charge in [0.25, 0.3) is 0 Å². The molecule has 6 heteroatoms. The molecule has 0 aromatic carbocycles. The van der Waals surface area contributed by atoms with Crippen LogP contribution in [0.4, 0.5) is 0 Å². The number of amides is 1. The van der Waals surface area contributed by atoms with Gasteiger partial charge in [-0.25, -0.2) is 0 Å². The smallest absolute Gasteiger partial charge is 0.305 e. The molecule has 0 aliphatic heterocycles. The summed E-state index contributed by atoms with van der Waals surface area (Å²) in [5, 5.41) is 23.1. The Morgan fingerprint density at radius 2 is 0.553 bits per heavy atom. The number of aliphatic hydroxyl groups excluding tert-OH is 2. The van der Waals surface area contributed by atoms with E-state index in [0.29, 0.717) is 19.4 Å². The number of hydrogen-bond acceptors (Lipinski definition) is 5. The second-order valence-corrected chi connectivity index (χ2v) is 27.0. The maximum Gasteiger partial charge on any atom is 0.305 e. The van der Waals surface area contributed by atoms with Gasteiger partial charge >= 0.3 is 5.97 Å². The standard InChI is InChI=1S/C79H153NO5/c1-3-5-7-9-11-13-15-16-17-18-43-46-49-53-57-61-65-69-73-79(84)85-74-70-66-62-58-54-50-47-44-41-39-37-35-33-31-29-27-25-23-21-19-20-22-24-26-28-30-32-34-36-38-40-42-45-48-52-56-60-64-68-72-78(83)80-76(75-81)77(82)71-67-63-59-55-51-14-12-10-8-6-4-2/h17-18,67,71,76-77,81-82H,3-16,19-66,68-70,72-75H2,1-2H3,(H,80,83)/b18-17-,71-67+. The molecule has 0 rings (SSSR count). The number of carbonyl (C=O) groups excluding carboxylic acids is 2. The van der Waals surface area contributed by atoms with Gasteiger partial charge in [0.15, 0.2) is 0 Å². The summed E-state index contributed by atoms with van der Waals surface area (Å²) >= 11 is 0. The van der Waals surface area contributed by atoms with E-state index in [4.69, 9.17) is 4.74 Å². The largest absolute Gasteiger partial charge is 0.466 e. The van der Waals surface area contributed by atoms with Crippen LogP contribution in [-0.4, -0.2) is 47.4 Å². The van der Waals surface area contributed by atoms with Gasteiger partial charge in [-0.15, -0.1) is 0 Å². The number of aliphatic hydroxyl groups is 2. The van der Waals surface area contributed by atoms with Gasteiger partial charge in [0, 0.05) is 12.8 Å². The molecule has 0 bridgehead atoms. The molecule has 0 aromatic heterocycles. The number of carbonyl (C=O) groups is 2. The first-order chi connectivity index (χ1) is 42.0. The van der Waals surface area contributed by atoms with Gasteiger partial charge in [0.2, 0.25) is 5.91 Å². The molecule has 0 fully saturated rings. The van der Waals surface area contributed by atoms with Gasteiger partial charge in [-0.3, -0.25) is 9.59 Å². The van der Waals surface area contributed by atoms with Gasteiger partial charge < -0.3 is 20.3 Å². The zero-order valence-electron chi connectivity index (χ0n) is 57.9. The van der Waals surface area contributed by atoms with Crippen LogP contribution in [0, 0.1) is 0 Å². The van der Waals surface area contributed by atoms with Crippen LogP contribution in [0.15, 0.2) is 24.3 Å². The molecule has 0 spiro atoms. The summed E-state index contributed by atoms with van der Waals surface area (Å²) in [6.45, 7) is 4.93. The zero-order valence-corrected chi connectivity index (χ0v) is 57.9. The molecule has 0 saturated carbocycles. The lowest BCUT2D eigenvalue weighted by Gasteiger charge is -2.20. The van der Waals surface area contributed by atoms with Crippen molar-refractivity contribution in [3.05, 3.63) is 24.3 Å². The maximum atomic E-state index is 12.5. The van der Waals surface area contributed by atoms with Gasteiger partial charge in [-0.05, 0) is 57.8 Å². The highest BCUT2D eigenvalue weighted by Gasteiger charge is 2.18. The highest BCUT2D eigenvalue weighted by Crippen LogP contribution is 2.20. The minimum Gasteiger partial charge on any atom is -0.466 e. The Bertz CT molecular complexity index is 1330. The molecular formula is C79H153NO5. The van der Waals surface area contributed by atoms with Gasteiger partial charge in [0.05, 0.1) is 25.4 Å². The predicted octanol–water partition coefficient (Wildman–Crippen LogP) is 25.7. The number of nitrogens with one attached hydrogen (secondary N) is 1. The third-order valence-corrected chi connectivity index (χ3v) is 18.5. The molecule has 504 valence electrons. The number of hydrogen-bond donors (Lipinski definition) is 3. The molecule has 2 unspecified atom stereocenters. The van der Waals surface area contributed by atoms with Crippen molar-refractivity contribution in [3.8, 4) is 0 Å². The Kier molecular flexibility index (Phi) is 73.3. The van der Waals surface area contributed by atoms with Crippen LogP contribution in [0.1, 0.15) is 444 Å². The van der Waals surface area contributed by atoms with Gasteiger partial charge in [-0.1, -0.05) is 398 Å². The van der Waals surface area contributed by atoms with Crippen LogP contribution >= 0.6 is 0 Å². The monoisotopic (exact) mass is 1200 g/mol. The third kappa shape index (κ3) is 71.3. The predicted molar refractivity (Wildman–Crippen MR) is 375 cm³/mol. The number of esters is 1. The molecule has 1 amide bonds. The van der Waals surface area contributed by atoms with Crippen molar-refractivity contribution in [1.29, 1.82) is 0 Å². The lowest BCUT2D eigenvalue weighted by Crippen LogP contribution is -2.45. The van der Waals surface area contributed by atoms with Crippen molar-refractivity contribution in [1.82, 2.24) is 5.32 Å². The summed E-state index contributed by atoms with van der Waals surface area (Å²) in [7, 11) is 0. The fourth-order valence-electron chi connectivity index (χ4n) is 12.5. The van der Waals surface area contributed by atoms with E-state index >= 15 is 0 Å². The van der Waals surface area contributed by atoms with Crippen LogP contribution in [0.3, 0.4) is 0 Å². The zero-order chi connectivity index (χ0) is 61.3. The van der Waals surface area contributed by atoms with E-state index in [2.05, 4.69) is 31.3 Å². The van der Waals surface area contributed by atoms with E-state index in [1.54, 1.807) is 6.08 Å². The number of ether oxygens (including phenoxy) is 1. The van der Waals surface area contributed by atoms with E-state index in [1.807, 2.05) is 6.08 Å². The third-order valence-electron chi connectivity index (χ3n) is 18.5. The van der Waals surface area contributed by atoms with Crippen molar-refractivity contribution in [3.63, 3.8) is 0 Å². The first kappa shape index (κ1) is 83.3. The number of allylic oxidation sites excluding steroid dienone is 3. The summed E-state index contributed by atoms with van der Waals surface area (Å²) in [5.41, 5.74) is 0. The van der Waals surface area contributed by atoms with E-state index < -0.39 is 12.1 Å². The minimum atomic E-state index is -0.838. The fraction of sp³-hybridized carbons (Fsp3) is 0.924. The molecule has 0 aliphatic rings. The molecule has 0 aliphatic carbocycles. The van der Waals surface area contributed by atoms with Crippen LogP contribution in [-0.2, 0) is 14.3 Å². The maximum absolute atomic E-state index is 12.5. The summed E-state index contributed by atoms with van der Waals surface area (Å²) in [4.78, 5) is 24.6. The Labute approximate surface area is 532 Å². The number of rotatable bonds is 74. The molecule has 0 aromatic rings. The Balaban J connectivity index is 3.27. The van der Waals surface area contributed by atoms with E-state index in [9.17, 15) is 19.8 Å². The average molecular weight is 1200 g/mol. The second kappa shape index (κ2) is 74.8. The van der Waals surface area contributed by atoms with Crippen LogP contribution in [0.2, 0.25) is 0 Å². The summed E-state index contributed by atoms with van der Waals surface area (Å²) in [5.74, 6) is -0.0392. The minimum absolute atomic E-state index is 0.0218. The SMILES string of the molecule is CCCCCCCCC/C=C\CCCCCCCCCC(=O)OCCCCCCCCCCCCCCCCCCCCCCCCCCCCCCCCCCCCCCCCCC(=O)NC(CO)C(O)/C=C/CCCCCCCCCCC. The Hall–Kier alpha value is -1.66. The lowest BCUT2D eigenvalue weighted by molar-refractivity contribution is -0.143. The molecule has 2 atom stereocenters. The van der Waals surface area contributed by atoms with Crippen molar-refractivity contribution in [2.24, 2.45) is 0 Å². The molecule has 0 saturated heterocycles. The molecular weight excluding hydrogens is 1040 g/mol. The normalized spacial score (nSPS) is 12.6. The van der Waals surface area contributed by atoms with Gasteiger partial charge in [0.1, 0.15) is 0 Å². The molecule has 0 radical (unpaired) electrons. The van der Waals surface area contributed by atoms with Crippen molar-refractivity contribution < 1.29 is 24.5 Å². The van der Waals surface area contributed by atoms with Crippen molar-refractivity contribution in [2.45, 2.75) is 456 Å². The quantitative estimate of drug-likeness (QED) is 0.0320.